The van der Waals surface area contributed by atoms with Crippen LogP contribution in [-0.4, -0.2) is 42.0 Å². The zero-order valence-corrected chi connectivity index (χ0v) is 17.6. The summed E-state index contributed by atoms with van der Waals surface area (Å²) in [5.41, 5.74) is 5.12. The first kappa shape index (κ1) is 20.1. The van der Waals surface area contributed by atoms with Crippen LogP contribution in [0.3, 0.4) is 0 Å². The summed E-state index contributed by atoms with van der Waals surface area (Å²) < 4.78 is 0. The van der Waals surface area contributed by atoms with Gasteiger partial charge in [-0.25, -0.2) is 4.98 Å². The summed E-state index contributed by atoms with van der Waals surface area (Å²) in [4.78, 5) is 21.8. The van der Waals surface area contributed by atoms with Gasteiger partial charge in [-0.05, 0) is 43.7 Å². The van der Waals surface area contributed by atoms with Gasteiger partial charge in [0.2, 0.25) is 0 Å². The standard InChI is InChI=1S/C25H28N4O/c1-19-5-3-7-21(15-19)18-28-11-13-29(14-12-28)24-10-9-23(17-26-24)27-25(30)22-8-4-6-20(2)16-22/h3-10,15-17H,11-14,18H2,1-2H3,(H,27,30). The molecular formula is C25H28N4O. The molecule has 154 valence electrons. The van der Waals surface area contributed by atoms with E-state index in [-0.39, 0.29) is 5.91 Å². The second kappa shape index (κ2) is 9.09. The minimum absolute atomic E-state index is 0.113. The minimum Gasteiger partial charge on any atom is -0.354 e. The number of nitrogens with one attached hydrogen (secondary N) is 1. The molecule has 0 spiro atoms. The topological polar surface area (TPSA) is 48.5 Å². The van der Waals surface area contributed by atoms with E-state index in [0.717, 1.165) is 44.1 Å². The number of aryl methyl sites for hydroxylation is 2. The van der Waals surface area contributed by atoms with E-state index in [9.17, 15) is 4.79 Å². The number of amides is 1. The van der Waals surface area contributed by atoms with E-state index in [0.29, 0.717) is 11.3 Å². The number of carbonyl (C=O) groups is 1. The summed E-state index contributed by atoms with van der Waals surface area (Å²) in [5, 5.41) is 2.93. The average molecular weight is 401 g/mol. The lowest BCUT2D eigenvalue weighted by atomic mass is 10.1. The summed E-state index contributed by atoms with van der Waals surface area (Å²) in [6.45, 7) is 9.05. The summed E-state index contributed by atoms with van der Waals surface area (Å²) in [5.74, 6) is 0.844. The van der Waals surface area contributed by atoms with Crippen molar-refractivity contribution in [1.82, 2.24) is 9.88 Å². The van der Waals surface area contributed by atoms with E-state index >= 15 is 0 Å². The number of nitrogens with zero attached hydrogens (tertiary/aromatic N) is 3. The van der Waals surface area contributed by atoms with Crippen LogP contribution in [0.5, 0.6) is 0 Å². The molecule has 2 heterocycles. The quantitative estimate of drug-likeness (QED) is 0.695. The van der Waals surface area contributed by atoms with E-state index in [2.05, 4.69) is 51.3 Å². The number of hydrogen-bond donors (Lipinski definition) is 1. The zero-order valence-electron chi connectivity index (χ0n) is 17.6. The lowest BCUT2D eigenvalue weighted by molar-refractivity contribution is 0.102. The van der Waals surface area contributed by atoms with Gasteiger partial charge in [-0.2, -0.15) is 0 Å². The van der Waals surface area contributed by atoms with Crippen molar-refractivity contribution < 1.29 is 4.79 Å². The lowest BCUT2D eigenvalue weighted by Crippen LogP contribution is -2.46. The van der Waals surface area contributed by atoms with Crippen molar-refractivity contribution >= 4 is 17.4 Å². The number of rotatable bonds is 5. The lowest BCUT2D eigenvalue weighted by Gasteiger charge is -2.35. The van der Waals surface area contributed by atoms with Crippen LogP contribution in [0, 0.1) is 13.8 Å². The Morgan fingerprint density at radius 2 is 1.67 bits per heavy atom. The molecule has 1 N–H and O–H groups in total. The Balaban J connectivity index is 1.31. The Hall–Kier alpha value is -3.18. The number of pyridine rings is 1. The molecule has 5 heteroatoms. The molecule has 4 rings (SSSR count). The molecule has 0 unspecified atom stereocenters. The fraction of sp³-hybridized carbons (Fsp3) is 0.280. The molecule has 0 atom stereocenters. The van der Waals surface area contributed by atoms with Crippen molar-refractivity contribution in [3.05, 3.63) is 89.1 Å². The predicted molar refractivity (Wildman–Crippen MR) is 122 cm³/mol. The Labute approximate surface area is 178 Å². The molecule has 1 aliphatic rings. The SMILES string of the molecule is Cc1cccc(CN2CCN(c3ccc(NC(=O)c4cccc(C)c4)cn3)CC2)c1. The van der Waals surface area contributed by atoms with Crippen LogP contribution >= 0.6 is 0 Å². The van der Waals surface area contributed by atoms with Crippen LogP contribution in [-0.2, 0) is 6.54 Å². The molecule has 1 amide bonds. The van der Waals surface area contributed by atoms with Crippen molar-refractivity contribution in [3.8, 4) is 0 Å². The van der Waals surface area contributed by atoms with Crippen molar-refractivity contribution in [2.75, 3.05) is 36.4 Å². The highest BCUT2D eigenvalue weighted by Gasteiger charge is 2.18. The molecule has 3 aromatic rings. The third-order valence-electron chi connectivity index (χ3n) is 5.47. The number of hydrogen-bond acceptors (Lipinski definition) is 4. The second-order valence-electron chi connectivity index (χ2n) is 7.98. The number of carbonyl (C=O) groups excluding carboxylic acids is 1. The van der Waals surface area contributed by atoms with Gasteiger partial charge in [0, 0.05) is 38.3 Å². The molecule has 0 bridgehead atoms. The van der Waals surface area contributed by atoms with Crippen LogP contribution in [0.2, 0.25) is 0 Å². The third kappa shape index (κ3) is 5.05. The summed E-state index contributed by atoms with van der Waals surface area (Å²) >= 11 is 0. The first-order valence-corrected chi connectivity index (χ1v) is 10.4. The van der Waals surface area contributed by atoms with Gasteiger partial charge in [0.05, 0.1) is 11.9 Å². The molecule has 1 aromatic heterocycles. The summed E-state index contributed by atoms with van der Waals surface area (Å²) in [7, 11) is 0. The number of aromatic nitrogens is 1. The van der Waals surface area contributed by atoms with Crippen LogP contribution in [0.4, 0.5) is 11.5 Å². The maximum Gasteiger partial charge on any atom is 0.255 e. The van der Waals surface area contributed by atoms with Gasteiger partial charge in [0.25, 0.3) is 5.91 Å². The maximum absolute atomic E-state index is 12.4. The molecule has 2 aromatic carbocycles. The second-order valence-corrected chi connectivity index (χ2v) is 7.98. The zero-order chi connectivity index (χ0) is 20.9. The number of anilines is 2. The molecule has 5 nitrogen and oxygen atoms in total. The van der Waals surface area contributed by atoms with Gasteiger partial charge in [0.1, 0.15) is 5.82 Å². The first-order valence-electron chi connectivity index (χ1n) is 10.4. The maximum atomic E-state index is 12.4. The predicted octanol–water partition coefficient (Wildman–Crippen LogP) is 4.27. The van der Waals surface area contributed by atoms with E-state index in [4.69, 9.17) is 0 Å². The Morgan fingerprint density at radius 1 is 0.933 bits per heavy atom. The van der Waals surface area contributed by atoms with Crippen molar-refractivity contribution in [2.45, 2.75) is 20.4 Å². The van der Waals surface area contributed by atoms with E-state index in [1.165, 1.54) is 11.1 Å². The Kier molecular flexibility index (Phi) is 6.10. The van der Waals surface area contributed by atoms with Gasteiger partial charge in [-0.1, -0.05) is 47.5 Å². The van der Waals surface area contributed by atoms with E-state index in [1.54, 1.807) is 6.20 Å². The molecular weight excluding hydrogens is 372 g/mol. The van der Waals surface area contributed by atoms with Crippen molar-refractivity contribution in [1.29, 1.82) is 0 Å². The van der Waals surface area contributed by atoms with Gasteiger partial charge in [-0.15, -0.1) is 0 Å². The fourth-order valence-electron chi connectivity index (χ4n) is 3.84. The van der Waals surface area contributed by atoms with Crippen LogP contribution in [0.25, 0.3) is 0 Å². The largest absolute Gasteiger partial charge is 0.354 e. The Morgan fingerprint density at radius 3 is 2.33 bits per heavy atom. The molecule has 0 aliphatic carbocycles. The highest BCUT2D eigenvalue weighted by Crippen LogP contribution is 2.18. The number of piperazine rings is 1. The molecule has 0 saturated carbocycles. The summed E-state index contributed by atoms with van der Waals surface area (Å²) in [6, 6.07) is 20.2. The van der Waals surface area contributed by atoms with Gasteiger partial charge in [0.15, 0.2) is 0 Å². The van der Waals surface area contributed by atoms with Crippen LogP contribution in [0.15, 0.2) is 66.9 Å². The highest BCUT2D eigenvalue weighted by atomic mass is 16.1. The van der Waals surface area contributed by atoms with E-state index in [1.807, 2.05) is 43.3 Å². The fourth-order valence-corrected chi connectivity index (χ4v) is 3.84. The minimum atomic E-state index is -0.113. The molecule has 30 heavy (non-hydrogen) atoms. The van der Waals surface area contributed by atoms with E-state index < -0.39 is 0 Å². The monoisotopic (exact) mass is 400 g/mol. The smallest absolute Gasteiger partial charge is 0.255 e. The Bertz CT molecular complexity index is 1010. The third-order valence-corrected chi connectivity index (χ3v) is 5.47. The highest BCUT2D eigenvalue weighted by molar-refractivity contribution is 6.04. The molecule has 1 fully saturated rings. The number of benzene rings is 2. The van der Waals surface area contributed by atoms with Crippen molar-refractivity contribution in [3.63, 3.8) is 0 Å². The first-order chi connectivity index (χ1) is 14.6. The normalized spacial score (nSPS) is 14.5. The average Bonchev–Trinajstić information content (AvgIpc) is 2.75. The molecule has 0 radical (unpaired) electrons. The van der Waals surface area contributed by atoms with Gasteiger partial charge in [-0.3, -0.25) is 9.69 Å². The molecule has 1 saturated heterocycles. The molecule has 1 aliphatic heterocycles. The van der Waals surface area contributed by atoms with Gasteiger partial charge >= 0.3 is 0 Å². The van der Waals surface area contributed by atoms with Crippen molar-refractivity contribution in [2.24, 2.45) is 0 Å². The van der Waals surface area contributed by atoms with Crippen LogP contribution < -0.4 is 10.2 Å². The van der Waals surface area contributed by atoms with Gasteiger partial charge < -0.3 is 10.2 Å². The summed E-state index contributed by atoms with van der Waals surface area (Å²) in [6.07, 6.45) is 1.74. The van der Waals surface area contributed by atoms with Crippen LogP contribution in [0.1, 0.15) is 27.0 Å².